The first-order valence-corrected chi connectivity index (χ1v) is 19.9. The molecule has 3 fully saturated rings. The van der Waals surface area contributed by atoms with Gasteiger partial charge >= 0.3 is 12.1 Å². The van der Waals surface area contributed by atoms with Gasteiger partial charge in [0.25, 0.3) is 0 Å². The standard InChI is InChI=1S/C40H59N5O12/c1-10-28-40(8)34(45(38(52)57-40)18-14-13-17-44-20-27(42-43-44)26-15-11-12-16-41-26)22(3)29(46)21(2)19-39(7,53-9)35(23(4)30(47)24(5)36(51)55-28)56-37-33(50)32(49)31(48)25(6)54-37/h11-12,15-16,20-25,28,31-35,37,48-50H,10,13-14,17-19H2,1-9H3/t21-,22+,23+,24-,25-,28-,31-,32+,33-,34-,35-,37+,39+,40-/m1/s1. The van der Waals surface area contributed by atoms with E-state index in [1.165, 1.54) is 21.0 Å². The Morgan fingerprint density at radius 2 is 1.61 bits per heavy atom. The summed E-state index contributed by atoms with van der Waals surface area (Å²) >= 11 is 0. The topological polar surface area (TPSA) is 222 Å². The number of unbranched alkanes of at least 4 members (excludes halogenated alkanes) is 1. The zero-order chi connectivity index (χ0) is 42.0. The van der Waals surface area contributed by atoms with Crippen LogP contribution in [0.5, 0.6) is 0 Å². The highest BCUT2D eigenvalue weighted by Crippen LogP contribution is 2.43. The normalized spacial score (nSPS) is 38.4. The van der Waals surface area contributed by atoms with Gasteiger partial charge in [-0.1, -0.05) is 39.0 Å². The molecule has 3 aliphatic heterocycles. The number of aliphatic hydroxyl groups is 3. The fraction of sp³-hybridized carbons (Fsp3) is 0.725. The van der Waals surface area contributed by atoms with Crippen LogP contribution in [-0.4, -0.2) is 138 Å². The van der Waals surface area contributed by atoms with Crippen LogP contribution < -0.4 is 0 Å². The van der Waals surface area contributed by atoms with Gasteiger partial charge in [0.2, 0.25) is 0 Å². The molecule has 3 aliphatic rings. The molecule has 0 aromatic carbocycles. The number of aromatic nitrogens is 4. The molecule has 14 atom stereocenters. The quantitative estimate of drug-likeness (QED) is 0.179. The lowest BCUT2D eigenvalue weighted by atomic mass is 9.73. The summed E-state index contributed by atoms with van der Waals surface area (Å²) in [6, 6.07) is 4.68. The maximum atomic E-state index is 14.6. The number of hydrogen-bond acceptors (Lipinski definition) is 15. The summed E-state index contributed by atoms with van der Waals surface area (Å²) in [5.41, 5.74) is -1.52. The largest absolute Gasteiger partial charge is 0.458 e. The molecule has 2 aromatic rings. The Bertz CT molecular complexity index is 1730. The molecule has 2 aromatic heterocycles. The minimum Gasteiger partial charge on any atom is -0.458 e. The highest BCUT2D eigenvalue weighted by Gasteiger charge is 2.60. The van der Waals surface area contributed by atoms with E-state index in [-0.39, 0.29) is 25.2 Å². The Labute approximate surface area is 333 Å². The van der Waals surface area contributed by atoms with Crippen LogP contribution in [0.3, 0.4) is 0 Å². The van der Waals surface area contributed by atoms with Crippen molar-refractivity contribution in [1.82, 2.24) is 24.9 Å². The van der Waals surface area contributed by atoms with Gasteiger partial charge in [-0.25, -0.2) is 4.79 Å². The molecule has 0 aliphatic carbocycles. The van der Waals surface area contributed by atoms with E-state index < -0.39 is 102 Å². The summed E-state index contributed by atoms with van der Waals surface area (Å²) in [7, 11) is 1.40. The molecule has 3 N–H and O–H groups in total. The fourth-order valence-electron chi connectivity index (χ4n) is 8.78. The average Bonchev–Trinajstić information content (AvgIpc) is 3.78. The number of carbonyl (C=O) groups excluding carboxylic acids is 4. The summed E-state index contributed by atoms with van der Waals surface area (Å²) in [4.78, 5) is 62.3. The van der Waals surface area contributed by atoms with Crippen molar-refractivity contribution in [3.05, 3.63) is 30.6 Å². The molecule has 5 heterocycles. The van der Waals surface area contributed by atoms with Crippen LogP contribution in [0.25, 0.3) is 11.4 Å². The molecule has 0 spiro atoms. The molecule has 0 unspecified atom stereocenters. The van der Waals surface area contributed by atoms with Crippen molar-refractivity contribution in [2.75, 3.05) is 13.7 Å². The Kier molecular flexibility index (Phi) is 13.9. The lowest BCUT2D eigenvalue weighted by Gasteiger charge is -2.46. The second kappa shape index (κ2) is 18.0. The minimum absolute atomic E-state index is 0.0190. The summed E-state index contributed by atoms with van der Waals surface area (Å²) in [5.74, 6) is -5.60. The lowest BCUT2D eigenvalue weighted by Crippen LogP contribution is -2.61. The van der Waals surface area contributed by atoms with Crippen LogP contribution in [-0.2, 0) is 44.6 Å². The monoisotopic (exact) mass is 801 g/mol. The SMILES string of the molecule is CC[C@H]1OC(=O)[C@H](C)C(=O)[C@H](C)[C@@H](O[C@@H]2O[C@H](C)[C@@H](O)[C@H](O)[C@H]2O)[C@@](C)(OC)C[C@@H](C)C(=O)[C@H](C)[C@H]2N(CCCCn3cc(-c4ccccn4)nn3)C(=O)O[C@]12C. The number of rotatable bonds is 10. The zero-order valence-electron chi connectivity index (χ0n) is 34.3. The highest BCUT2D eigenvalue weighted by molar-refractivity contribution is 6.00. The molecule has 3 saturated heterocycles. The third kappa shape index (κ3) is 8.93. The summed E-state index contributed by atoms with van der Waals surface area (Å²) in [6.07, 6.45) is -5.15. The van der Waals surface area contributed by atoms with Crippen LogP contribution in [0.1, 0.15) is 81.1 Å². The van der Waals surface area contributed by atoms with Crippen molar-refractivity contribution in [2.24, 2.45) is 23.7 Å². The predicted octanol–water partition coefficient (Wildman–Crippen LogP) is 2.73. The molecular weight excluding hydrogens is 742 g/mol. The molecular formula is C40H59N5O12. The van der Waals surface area contributed by atoms with Crippen molar-refractivity contribution < 1.29 is 58.2 Å². The molecule has 0 saturated carbocycles. The molecule has 0 radical (unpaired) electrons. The number of esters is 1. The number of nitrogens with zero attached hydrogens (tertiary/aromatic N) is 5. The number of ether oxygens (including phenoxy) is 5. The Morgan fingerprint density at radius 3 is 2.26 bits per heavy atom. The Hall–Kier alpha value is -3.87. The van der Waals surface area contributed by atoms with E-state index in [1.807, 2.05) is 18.2 Å². The van der Waals surface area contributed by atoms with Gasteiger partial charge in [0.15, 0.2) is 17.7 Å². The minimum atomic E-state index is -1.69. The van der Waals surface area contributed by atoms with E-state index in [4.69, 9.17) is 23.7 Å². The van der Waals surface area contributed by atoms with Gasteiger partial charge in [0, 0.05) is 44.1 Å². The summed E-state index contributed by atoms with van der Waals surface area (Å²) < 4.78 is 32.0. The number of aryl methyl sites for hydroxylation is 1. The maximum absolute atomic E-state index is 14.6. The number of cyclic esters (lactones) is 1. The number of ketones is 2. The number of Topliss-reactive ketones (excluding diaryl/α,β-unsaturated/α-hetero) is 2. The van der Waals surface area contributed by atoms with Crippen LogP contribution in [0.15, 0.2) is 30.6 Å². The number of fused-ring (bicyclic) bond motifs is 1. The third-order valence-electron chi connectivity index (χ3n) is 12.2. The second-order valence-electron chi connectivity index (χ2n) is 16.3. The van der Waals surface area contributed by atoms with Crippen LogP contribution in [0.2, 0.25) is 0 Å². The van der Waals surface area contributed by atoms with Crippen molar-refractivity contribution in [3.8, 4) is 11.4 Å². The van der Waals surface area contributed by atoms with Gasteiger partial charge in [0.1, 0.15) is 41.8 Å². The molecule has 1 amide bonds. The Balaban J connectivity index is 1.43. The van der Waals surface area contributed by atoms with Gasteiger partial charge < -0.3 is 43.9 Å². The van der Waals surface area contributed by atoms with Crippen LogP contribution >= 0.6 is 0 Å². The third-order valence-corrected chi connectivity index (χ3v) is 12.2. The van der Waals surface area contributed by atoms with Gasteiger partial charge in [-0.3, -0.25) is 24.0 Å². The van der Waals surface area contributed by atoms with Gasteiger partial charge in [0.05, 0.1) is 35.7 Å². The smallest absolute Gasteiger partial charge is 0.410 e. The summed E-state index contributed by atoms with van der Waals surface area (Å²) in [6.45, 7) is 13.8. The van der Waals surface area contributed by atoms with Crippen molar-refractivity contribution >= 4 is 23.6 Å². The van der Waals surface area contributed by atoms with E-state index in [0.717, 1.165) is 0 Å². The van der Waals surface area contributed by atoms with E-state index >= 15 is 0 Å². The lowest BCUT2D eigenvalue weighted by molar-refractivity contribution is -0.322. The number of hydrogen-bond donors (Lipinski definition) is 3. The molecule has 57 heavy (non-hydrogen) atoms. The van der Waals surface area contributed by atoms with Crippen LogP contribution in [0, 0.1) is 23.7 Å². The van der Waals surface area contributed by atoms with Gasteiger partial charge in [-0.05, 0) is 65.5 Å². The number of carbonyl (C=O) groups is 4. The van der Waals surface area contributed by atoms with Crippen molar-refractivity contribution in [3.63, 3.8) is 0 Å². The number of aliphatic hydroxyl groups excluding tert-OH is 3. The fourth-order valence-corrected chi connectivity index (χ4v) is 8.78. The molecule has 17 heteroatoms. The zero-order valence-corrected chi connectivity index (χ0v) is 34.3. The first-order valence-electron chi connectivity index (χ1n) is 19.9. The number of amides is 1. The molecule has 316 valence electrons. The number of pyridine rings is 1. The molecule has 17 nitrogen and oxygen atoms in total. The maximum Gasteiger partial charge on any atom is 0.410 e. The van der Waals surface area contributed by atoms with E-state index in [0.29, 0.717) is 30.8 Å². The average molecular weight is 802 g/mol. The Morgan fingerprint density at radius 1 is 0.912 bits per heavy atom. The highest BCUT2D eigenvalue weighted by atomic mass is 16.7. The van der Waals surface area contributed by atoms with Gasteiger partial charge in [-0.2, -0.15) is 0 Å². The van der Waals surface area contributed by atoms with Crippen molar-refractivity contribution in [1.29, 1.82) is 0 Å². The predicted molar refractivity (Wildman–Crippen MR) is 202 cm³/mol. The molecule has 0 bridgehead atoms. The van der Waals surface area contributed by atoms with Crippen molar-refractivity contribution in [2.45, 2.75) is 148 Å². The first-order chi connectivity index (χ1) is 26.9. The first kappa shape index (κ1) is 44.2. The molecule has 5 rings (SSSR count). The van der Waals surface area contributed by atoms with E-state index in [2.05, 4.69) is 15.3 Å². The second-order valence-corrected chi connectivity index (χ2v) is 16.3. The van der Waals surface area contributed by atoms with E-state index in [1.54, 1.807) is 63.5 Å². The number of methoxy groups -OCH3 is 1. The van der Waals surface area contributed by atoms with E-state index in [9.17, 15) is 34.5 Å². The van der Waals surface area contributed by atoms with Gasteiger partial charge in [-0.15, -0.1) is 5.10 Å². The van der Waals surface area contributed by atoms with Crippen LogP contribution in [0.4, 0.5) is 4.79 Å². The summed E-state index contributed by atoms with van der Waals surface area (Å²) in [5, 5.41) is 40.2.